The second-order valence-corrected chi connectivity index (χ2v) is 7.82. The van der Waals surface area contributed by atoms with Gasteiger partial charge in [0.25, 0.3) is 0 Å². The van der Waals surface area contributed by atoms with E-state index in [1.165, 1.54) is 0 Å². The lowest BCUT2D eigenvalue weighted by Crippen LogP contribution is -2.43. The number of hydrogen-bond donors (Lipinski definition) is 2. The lowest BCUT2D eigenvalue weighted by Gasteiger charge is -2.17. The van der Waals surface area contributed by atoms with Gasteiger partial charge in [-0.2, -0.15) is 9.98 Å². The fourth-order valence-electron chi connectivity index (χ4n) is 2.08. The summed E-state index contributed by atoms with van der Waals surface area (Å²) in [5, 5.41) is 13.2. The van der Waals surface area contributed by atoms with E-state index in [1.807, 2.05) is 5.40 Å². The van der Waals surface area contributed by atoms with E-state index < -0.39 is 27.8 Å². The van der Waals surface area contributed by atoms with E-state index in [9.17, 15) is 17.6 Å². The molecule has 0 saturated carbocycles. The zero-order chi connectivity index (χ0) is 19.2. The maximum atomic E-state index is 13.0. The normalized spacial score (nSPS) is 12.2. The Labute approximate surface area is 155 Å². The molecule has 0 heterocycles. The Hall–Kier alpha value is -2.41. The van der Waals surface area contributed by atoms with Gasteiger partial charge in [0.15, 0.2) is 0 Å². The van der Waals surface area contributed by atoms with Crippen molar-refractivity contribution < 1.29 is 17.6 Å². The molecule has 0 aliphatic heterocycles. The Kier molecular flexibility index (Phi) is 6.74. The molecule has 1 amide bonds. The molecule has 0 bridgehead atoms. The molecular weight excluding hydrogens is 377 g/mol. The van der Waals surface area contributed by atoms with Crippen molar-refractivity contribution in [3.63, 3.8) is 0 Å². The van der Waals surface area contributed by atoms with Crippen LogP contribution in [0.4, 0.5) is 10.1 Å². The van der Waals surface area contributed by atoms with Gasteiger partial charge < -0.3 is 5.32 Å². The number of rotatable bonds is 7. The zero-order valence-electron chi connectivity index (χ0n) is 13.8. The maximum Gasteiger partial charge on any atom is 0.242 e. The van der Waals surface area contributed by atoms with E-state index in [0.717, 1.165) is 40.9 Å². The van der Waals surface area contributed by atoms with Crippen LogP contribution in [0.1, 0.15) is 13.3 Å². The van der Waals surface area contributed by atoms with Crippen LogP contribution in [-0.4, -0.2) is 20.4 Å². The van der Waals surface area contributed by atoms with Crippen LogP contribution < -0.4 is 10.0 Å². The van der Waals surface area contributed by atoms with E-state index in [-0.39, 0.29) is 11.3 Å². The number of nitrogens with one attached hydrogen (secondary N) is 2. The molecule has 2 aromatic rings. The molecule has 0 aromatic heterocycles. The molecule has 2 N–H and O–H groups in total. The first kappa shape index (κ1) is 19.9. The quantitative estimate of drug-likeness (QED) is 0.556. The van der Waals surface area contributed by atoms with E-state index in [1.54, 1.807) is 31.2 Å². The summed E-state index contributed by atoms with van der Waals surface area (Å²) in [6, 6.07) is 9.95. The van der Waals surface area contributed by atoms with Crippen molar-refractivity contribution in [3.05, 3.63) is 54.3 Å². The topological polar surface area (TPSA) is 99.1 Å². The summed E-state index contributed by atoms with van der Waals surface area (Å²) in [6.45, 7) is 1.67. The molecule has 0 aliphatic rings. The number of anilines is 1. The predicted octanol–water partition coefficient (Wildman–Crippen LogP) is 3.09. The number of carbonyl (C=O) groups is 1. The first-order valence-corrected chi connectivity index (χ1v) is 9.90. The van der Waals surface area contributed by atoms with E-state index in [4.69, 9.17) is 5.26 Å². The zero-order valence-corrected chi connectivity index (χ0v) is 15.4. The highest BCUT2D eigenvalue weighted by Crippen LogP contribution is 2.19. The van der Waals surface area contributed by atoms with Crippen LogP contribution in [-0.2, 0) is 14.8 Å². The summed E-state index contributed by atoms with van der Waals surface area (Å²) in [4.78, 5) is 13.0. The van der Waals surface area contributed by atoms with Crippen LogP contribution in [0.5, 0.6) is 0 Å². The number of benzene rings is 2. The summed E-state index contributed by atoms with van der Waals surface area (Å²) in [5.74, 6) is -1.06. The lowest BCUT2D eigenvalue weighted by molar-refractivity contribution is -0.117. The van der Waals surface area contributed by atoms with E-state index in [2.05, 4.69) is 10.0 Å². The van der Waals surface area contributed by atoms with Crippen LogP contribution in [0.25, 0.3) is 0 Å². The van der Waals surface area contributed by atoms with Crippen molar-refractivity contribution in [3.8, 4) is 5.40 Å². The molecule has 1 atom stereocenters. The minimum absolute atomic E-state index is 0.122. The number of hydrogen-bond acceptors (Lipinski definition) is 5. The summed E-state index contributed by atoms with van der Waals surface area (Å²) in [7, 11) is -3.96. The Balaban J connectivity index is 2.08. The maximum absolute atomic E-state index is 13.0. The second kappa shape index (κ2) is 8.80. The number of amides is 1. The average molecular weight is 393 g/mol. The van der Waals surface area contributed by atoms with Gasteiger partial charge >= 0.3 is 0 Å². The number of nitriles is 1. The minimum atomic E-state index is -3.96. The van der Waals surface area contributed by atoms with Crippen LogP contribution in [0.2, 0.25) is 0 Å². The van der Waals surface area contributed by atoms with Crippen LogP contribution >= 0.6 is 11.8 Å². The van der Waals surface area contributed by atoms with Gasteiger partial charge in [0, 0.05) is 10.6 Å². The first-order valence-electron chi connectivity index (χ1n) is 7.60. The Morgan fingerprint density at radius 3 is 2.35 bits per heavy atom. The van der Waals surface area contributed by atoms with Crippen molar-refractivity contribution in [1.82, 2.24) is 4.72 Å². The van der Waals surface area contributed by atoms with Crippen LogP contribution in [0, 0.1) is 16.5 Å². The summed E-state index contributed by atoms with van der Waals surface area (Å²) < 4.78 is 40.0. The van der Waals surface area contributed by atoms with E-state index in [0.29, 0.717) is 5.69 Å². The third-order valence-electron chi connectivity index (χ3n) is 3.43. The third kappa shape index (κ3) is 5.29. The Morgan fingerprint density at radius 2 is 1.81 bits per heavy atom. The van der Waals surface area contributed by atoms with Crippen molar-refractivity contribution in [2.45, 2.75) is 29.2 Å². The number of thiocyanates is 1. The largest absolute Gasteiger partial charge is 0.325 e. The lowest BCUT2D eigenvalue weighted by atomic mass is 10.2. The number of nitrogens with zero attached hydrogens (tertiary/aromatic N) is 1. The molecule has 2 aromatic carbocycles. The molecule has 0 saturated heterocycles. The van der Waals surface area contributed by atoms with Crippen LogP contribution in [0.3, 0.4) is 0 Å². The molecule has 0 aliphatic carbocycles. The van der Waals surface area contributed by atoms with Gasteiger partial charge in [-0.3, -0.25) is 4.79 Å². The Bertz CT molecular complexity index is 908. The molecule has 1 unspecified atom stereocenters. The predicted molar refractivity (Wildman–Crippen MR) is 97.3 cm³/mol. The third-order valence-corrected chi connectivity index (χ3v) is 5.52. The van der Waals surface area contributed by atoms with Crippen LogP contribution in [0.15, 0.2) is 58.3 Å². The summed E-state index contributed by atoms with van der Waals surface area (Å²) in [6.07, 6.45) is 0.231. The monoisotopic (exact) mass is 393 g/mol. The van der Waals surface area contributed by atoms with Gasteiger partial charge in [-0.15, -0.1) is 0 Å². The fraction of sp³-hybridized carbons (Fsp3) is 0.176. The molecule has 26 heavy (non-hydrogen) atoms. The standard InChI is InChI=1S/C17H16FN3O3S2/c1-2-16(21-26(23,24)15-9-3-12(18)4-10-15)17(22)20-13-5-7-14(8-6-13)25-11-19/h3-10,16,21H,2H2,1H3,(H,20,22). The molecule has 0 spiro atoms. The highest BCUT2D eigenvalue weighted by atomic mass is 32.2. The van der Waals surface area contributed by atoms with E-state index >= 15 is 0 Å². The average Bonchev–Trinajstić information content (AvgIpc) is 2.62. The molecular formula is C17H16FN3O3S2. The molecule has 6 nitrogen and oxygen atoms in total. The van der Waals surface area contributed by atoms with Crippen molar-refractivity contribution >= 4 is 33.4 Å². The highest BCUT2D eigenvalue weighted by molar-refractivity contribution is 8.03. The highest BCUT2D eigenvalue weighted by Gasteiger charge is 2.24. The summed E-state index contributed by atoms with van der Waals surface area (Å²) >= 11 is 0.995. The van der Waals surface area contributed by atoms with Gasteiger partial charge in [-0.05, 0) is 66.7 Å². The van der Waals surface area contributed by atoms with Gasteiger partial charge in [0.1, 0.15) is 17.3 Å². The van der Waals surface area contributed by atoms with Crippen molar-refractivity contribution in [1.29, 1.82) is 5.26 Å². The Morgan fingerprint density at radius 1 is 1.19 bits per heavy atom. The molecule has 136 valence electrons. The summed E-state index contributed by atoms with van der Waals surface area (Å²) in [5.41, 5.74) is 0.483. The van der Waals surface area contributed by atoms with Gasteiger partial charge in [0.05, 0.1) is 4.90 Å². The molecule has 0 fully saturated rings. The fourth-order valence-corrected chi connectivity index (χ4v) is 3.74. The number of thioether (sulfide) groups is 1. The van der Waals surface area contributed by atoms with Gasteiger partial charge in [-0.1, -0.05) is 6.92 Å². The smallest absolute Gasteiger partial charge is 0.242 e. The van der Waals surface area contributed by atoms with Gasteiger partial charge in [-0.25, -0.2) is 12.8 Å². The molecule has 0 radical (unpaired) electrons. The number of carbonyl (C=O) groups excluding carboxylic acids is 1. The van der Waals surface area contributed by atoms with Crippen molar-refractivity contribution in [2.75, 3.05) is 5.32 Å². The number of halogens is 1. The minimum Gasteiger partial charge on any atom is -0.325 e. The van der Waals surface area contributed by atoms with Crippen molar-refractivity contribution in [2.24, 2.45) is 0 Å². The SMILES string of the molecule is CCC(NS(=O)(=O)c1ccc(F)cc1)C(=O)Nc1ccc(SC#N)cc1. The molecule has 9 heteroatoms. The molecule has 2 rings (SSSR count). The first-order chi connectivity index (χ1) is 12.4. The second-order valence-electron chi connectivity index (χ2n) is 5.24. The number of sulfonamides is 1. The van der Waals surface area contributed by atoms with Gasteiger partial charge in [0.2, 0.25) is 15.9 Å².